The summed E-state index contributed by atoms with van der Waals surface area (Å²) < 4.78 is 54.7. The first-order valence-electron chi connectivity index (χ1n) is 6.78. The molecule has 0 spiro atoms. The highest BCUT2D eigenvalue weighted by atomic mass is 35.5. The molecular weight excluding hydrogens is 405 g/mol. The Kier molecular flexibility index (Phi) is 4.66. The van der Waals surface area contributed by atoms with Gasteiger partial charge in [0, 0.05) is 21.2 Å². The zero-order valence-electron chi connectivity index (χ0n) is 12.1. The van der Waals surface area contributed by atoms with E-state index in [1.165, 1.54) is 18.2 Å². The van der Waals surface area contributed by atoms with Gasteiger partial charge in [-0.05, 0) is 42.5 Å². The Labute approximate surface area is 154 Å². The second-order valence-corrected chi connectivity index (χ2v) is 6.56. The van der Waals surface area contributed by atoms with E-state index in [2.05, 4.69) is 5.48 Å². The summed E-state index contributed by atoms with van der Waals surface area (Å²) >= 11 is 17.3. The van der Waals surface area contributed by atoms with E-state index in [1.54, 1.807) is 0 Å². The molecule has 0 radical (unpaired) electrons. The molecular formula is C16H8Cl3F4NO. The number of alkyl halides is 3. The lowest BCUT2D eigenvalue weighted by Gasteiger charge is -2.28. The van der Waals surface area contributed by atoms with Gasteiger partial charge in [0.2, 0.25) is 5.60 Å². The molecule has 0 bridgehead atoms. The standard InChI is InChI=1S/C16H8Cl3F4NO/c17-10-4-9(5-11(18)6-10)15(16(21,22)23)7-14(24-25-15)8-1-2-13(20)12(19)3-8/h1-7,24H. The van der Waals surface area contributed by atoms with Gasteiger partial charge < -0.3 is 0 Å². The fourth-order valence-corrected chi connectivity index (χ4v) is 3.12. The summed E-state index contributed by atoms with van der Waals surface area (Å²) in [5.74, 6) is -0.686. The summed E-state index contributed by atoms with van der Waals surface area (Å²) in [5, 5.41) is -0.168. The van der Waals surface area contributed by atoms with Crippen molar-refractivity contribution in [2.45, 2.75) is 11.8 Å². The van der Waals surface area contributed by atoms with Crippen LogP contribution in [0.4, 0.5) is 17.6 Å². The predicted molar refractivity (Wildman–Crippen MR) is 87.8 cm³/mol. The SMILES string of the molecule is Fc1ccc(C2=CC(c3cc(Cl)cc(Cl)c3)(C(F)(F)F)ON2)cc1Cl. The lowest BCUT2D eigenvalue weighted by molar-refractivity contribution is -0.269. The fraction of sp³-hybridized carbons (Fsp3) is 0.125. The number of nitrogens with one attached hydrogen (secondary N) is 1. The van der Waals surface area contributed by atoms with Gasteiger partial charge in [-0.15, -0.1) is 0 Å². The molecule has 1 aliphatic rings. The van der Waals surface area contributed by atoms with E-state index in [-0.39, 0.29) is 31.9 Å². The summed E-state index contributed by atoms with van der Waals surface area (Å²) in [4.78, 5) is 4.92. The van der Waals surface area contributed by atoms with E-state index in [1.807, 2.05) is 0 Å². The normalized spacial score (nSPS) is 20.4. The molecule has 1 aliphatic heterocycles. The molecule has 1 atom stereocenters. The van der Waals surface area contributed by atoms with Crippen molar-refractivity contribution in [1.29, 1.82) is 0 Å². The first-order valence-corrected chi connectivity index (χ1v) is 7.91. The lowest BCUT2D eigenvalue weighted by Crippen LogP contribution is -2.42. The molecule has 1 unspecified atom stereocenters. The summed E-state index contributed by atoms with van der Waals surface area (Å²) in [6.45, 7) is 0. The molecule has 2 nitrogen and oxygen atoms in total. The van der Waals surface area contributed by atoms with Gasteiger partial charge >= 0.3 is 6.18 Å². The van der Waals surface area contributed by atoms with Crippen LogP contribution < -0.4 is 5.48 Å². The van der Waals surface area contributed by atoms with Crippen LogP contribution in [0.2, 0.25) is 15.1 Å². The Morgan fingerprint density at radius 1 is 0.960 bits per heavy atom. The Morgan fingerprint density at radius 2 is 1.60 bits per heavy atom. The molecule has 2 aromatic carbocycles. The minimum absolute atomic E-state index is 0.0182. The molecule has 132 valence electrons. The zero-order valence-corrected chi connectivity index (χ0v) is 14.4. The van der Waals surface area contributed by atoms with Gasteiger partial charge in [-0.3, -0.25) is 10.3 Å². The third-order valence-corrected chi connectivity index (χ3v) is 4.34. The van der Waals surface area contributed by atoms with Crippen LogP contribution in [0.3, 0.4) is 0 Å². The van der Waals surface area contributed by atoms with Gasteiger partial charge in [0.05, 0.1) is 10.7 Å². The van der Waals surface area contributed by atoms with E-state index < -0.39 is 17.6 Å². The van der Waals surface area contributed by atoms with Crippen LogP contribution in [0.25, 0.3) is 5.70 Å². The molecule has 0 fully saturated rings. The van der Waals surface area contributed by atoms with Gasteiger partial charge in [-0.1, -0.05) is 34.8 Å². The average molecular weight is 413 g/mol. The number of benzene rings is 2. The quantitative estimate of drug-likeness (QED) is 0.600. The van der Waals surface area contributed by atoms with Crippen LogP contribution in [0.1, 0.15) is 11.1 Å². The molecule has 0 aliphatic carbocycles. The minimum Gasteiger partial charge on any atom is -0.265 e. The minimum atomic E-state index is -4.82. The third-order valence-electron chi connectivity index (χ3n) is 3.61. The Bertz CT molecular complexity index is 849. The second-order valence-electron chi connectivity index (χ2n) is 5.28. The largest absolute Gasteiger partial charge is 0.428 e. The molecule has 0 amide bonds. The Balaban J connectivity index is 2.15. The van der Waals surface area contributed by atoms with E-state index in [9.17, 15) is 17.6 Å². The zero-order chi connectivity index (χ0) is 18.4. The monoisotopic (exact) mass is 411 g/mol. The van der Waals surface area contributed by atoms with Crippen LogP contribution in [0, 0.1) is 5.82 Å². The number of hydroxylamine groups is 1. The third kappa shape index (κ3) is 3.31. The summed E-state index contributed by atoms with van der Waals surface area (Å²) in [6, 6.07) is 7.05. The van der Waals surface area contributed by atoms with Crippen LogP contribution >= 0.6 is 34.8 Å². The lowest BCUT2D eigenvalue weighted by atomic mass is 9.91. The summed E-state index contributed by atoms with van der Waals surface area (Å²) in [7, 11) is 0. The molecule has 0 saturated heterocycles. The first kappa shape index (κ1) is 18.3. The van der Waals surface area contributed by atoms with Crippen LogP contribution in [-0.2, 0) is 10.4 Å². The van der Waals surface area contributed by atoms with Crippen LogP contribution in [0.5, 0.6) is 0 Å². The van der Waals surface area contributed by atoms with Crippen molar-refractivity contribution in [3.05, 3.63) is 74.5 Å². The number of hydrogen-bond acceptors (Lipinski definition) is 2. The maximum absolute atomic E-state index is 13.8. The molecule has 9 heteroatoms. The van der Waals surface area contributed by atoms with Gasteiger partial charge in [0.25, 0.3) is 0 Å². The Morgan fingerprint density at radius 3 is 2.16 bits per heavy atom. The van der Waals surface area contributed by atoms with E-state index >= 15 is 0 Å². The van der Waals surface area contributed by atoms with Crippen molar-refractivity contribution in [2.75, 3.05) is 0 Å². The topological polar surface area (TPSA) is 21.3 Å². The molecule has 2 aromatic rings. The smallest absolute Gasteiger partial charge is 0.265 e. The highest BCUT2D eigenvalue weighted by molar-refractivity contribution is 6.34. The molecule has 25 heavy (non-hydrogen) atoms. The Hall–Kier alpha value is -1.47. The van der Waals surface area contributed by atoms with E-state index in [4.69, 9.17) is 39.6 Å². The van der Waals surface area contributed by atoms with Crippen molar-refractivity contribution < 1.29 is 22.4 Å². The second kappa shape index (κ2) is 6.36. The molecule has 1 heterocycles. The highest BCUT2D eigenvalue weighted by Crippen LogP contribution is 2.48. The first-order chi connectivity index (χ1) is 11.6. The van der Waals surface area contributed by atoms with Gasteiger partial charge in [0.15, 0.2) is 0 Å². The number of halogens is 7. The van der Waals surface area contributed by atoms with Crippen molar-refractivity contribution in [1.82, 2.24) is 5.48 Å². The van der Waals surface area contributed by atoms with Crippen molar-refractivity contribution >= 4 is 40.5 Å². The molecule has 1 N–H and O–H groups in total. The molecule has 0 aromatic heterocycles. The molecule has 3 rings (SSSR count). The van der Waals surface area contributed by atoms with E-state index in [0.29, 0.717) is 0 Å². The van der Waals surface area contributed by atoms with E-state index in [0.717, 1.165) is 24.3 Å². The van der Waals surface area contributed by atoms with Crippen molar-refractivity contribution in [3.63, 3.8) is 0 Å². The molecule has 0 saturated carbocycles. The average Bonchev–Trinajstić information content (AvgIpc) is 2.95. The van der Waals surface area contributed by atoms with Gasteiger partial charge in [-0.25, -0.2) is 4.39 Å². The fourth-order valence-electron chi connectivity index (χ4n) is 2.42. The maximum atomic E-state index is 13.8. The number of hydrogen-bond donors (Lipinski definition) is 1. The maximum Gasteiger partial charge on any atom is 0.428 e. The van der Waals surface area contributed by atoms with Gasteiger partial charge in [0.1, 0.15) is 5.82 Å². The van der Waals surface area contributed by atoms with Crippen molar-refractivity contribution in [2.24, 2.45) is 0 Å². The van der Waals surface area contributed by atoms with Crippen LogP contribution in [-0.4, -0.2) is 6.18 Å². The summed E-state index contributed by atoms with van der Waals surface area (Å²) in [6.07, 6.45) is -3.99. The number of rotatable bonds is 2. The predicted octanol–water partition coefficient (Wildman–Crippen LogP) is 6.12. The highest BCUT2D eigenvalue weighted by Gasteiger charge is 2.59. The summed E-state index contributed by atoms with van der Waals surface area (Å²) in [5.41, 5.74) is -0.668. The van der Waals surface area contributed by atoms with Crippen LogP contribution in [0.15, 0.2) is 42.5 Å². The van der Waals surface area contributed by atoms with Gasteiger partial charge in [-0.2, -0.15) is 13.2 Å². The van der Waals surface area contributed by atoms with Crippen molar-refractivity contribution in [3.8, 4) is 0 Å².